The summed E-state index contributed by atoms with van der Waals surface area (Å²) in [5.41, 5.74) is 7.83. The van der Waals surface area contributed by atoms with Crippen LogP contribution in [0.3, 0.4) is 0 Å². The van der Waals surface area contributed by atoms with Gasteiger partial charge in [0.2, 0.25) is 0 Å². The van der Waals surface area contributed by atoms with E-state index < -0.39 is 5.60 Å². The van der Waals surface area contributed by atoms with E-state index in [4.69, 9.17) is 0 Å². The quantitative estimate of drug-likeness (QED) is 0.370. The Morgan fingerprint density at radius 2 is 1.27 bits per heavy atom. The first kappa shape index (κ1) is 24.7. The van der Waals surface area contributed by atoms with Crippen LogP contribution in [0.2, 0.25) is 0 Å². The minimum atomic E-state index is -0.926. The molecule has 0 atom stereocenters. The molecule has 0 bridgehead atoms. The number of benzene rings is 4. The van der Waals surface area contributed by atoms with Crippen LogP contribution >= 0.6 is 0 Å². The van der Waals surface area contributed by atoms with E-state index in [0.29, 0.717) is 0 Å². The van der Waals surface area contributed by atoms with Crippen molar-refractivity contribution in [2.75, 3.05) is 0 Å². The number of rotatable bonds is 2. The van der Waals surface area contributed by atoms with Crippen LogP contribution in [-0.4, -0.2) is 5.11 Å². The molecule has 0 saturated carbocycles. The van der Waals surface area contributed by atoms with E-state index in [9.17, 15) is 5.11 Å². The molecule has 0 saturated heterocycles. The van der Waals surface area contributed by atoms with Gasteiger partial charge in [-0.3, -0.25) is 0 Å². The van der Waals surface area contributed by atoms with Crippen LogP contribution in [0, 0.1) is 0 Å². The zero-order valence-corrected chi connectivity index (χ0v) is 20.0. The number of halogens is 2. The molecular weight excluding hydrogens is 447 g/mol. The van der Waals surface area contributed by atoms with E-state index in [1.54, 1.807) is 0 Å². The van der Waals surface area contributed by atoms with Gasteiger partial charge < -0.3 is 29.9 Å². The molecule has 4 heteroatoms. The van der Waals surface area contributed by atoms with Crippen molar-refractivity contribution in [3.63, 3.8) is 0 Å². The third-order valence-corrected chi connectivity index (χ3v) is 5.68. The van der Waals surface area contributed by atoms with Crippen LogP contribution in [0.15, 0.2) is 78.9 Å². The van der Waals surface area contributed by atoms with E-state index >= 15 is 0 Å². The van der Waals surface area contributed by atoms with Gasteiger partial charge >= 0.3 is 21.7 Å². The van der Waals surface area contributed by atoms with Crippen LogP contribution in [0.5, 0.6) is 0 Å². The smallest absolute Gasteiger partial charge is 1.00 e. The fourth-order valence-electron chi connectivity index (χ4n) is 4.56. The standard InChI is InChI=1S/C26H22O.2ClH.Ti/c1-26(2,27)25-20-11-6-3-8-17(20)14-15-23(25)22-13-7-12-21-19-10-5-4-9-18(19)16-24(21)22;;;/h3-15,27H,16H2,1-2H3;2*1H;/q;;;+2/p-2. The van der Waals surface area contributed by atoms with Crippen molar-refractivity contribution in [1.82, 2.24) is 0 Å². The Morgan fingerprint density at radius 3 is 2.00 bits per heavy atom. The van der Waals surface area contributed by atoms with Crippen molar-refractivity contribution in [2.24, 2.45) is 0 Å². The molecule has 1 aliphatic rings. The Kier molecular flexibility index (Phi) is 7.61. The van der Waals surface area contributed by atoms with Gasteiger partial charge in [-0.05, 0) is 70.0 Å². The Balaban J connectivity index is 0.00000107. The molecule has 0 spiro atoms. The van der Waals surface area contributed by atoms with Crippen molar-refractivity contribution >= 4 is 10.8 Å². The van der Waals surface area contributed by atoms with Crippen molar-refractivity contribution in [2.45, 2.75) is 25.9 Å². The molecule has 1 nitrogen and oxygen atoms in total. The average Bonchev–Trinajstić information content (AvgIpc) is 3.05. The molecule has 30 heavy (non-hydrogen) atoms. The minimum absolute atomic E-state index is 0. The van der Waals surface area contributed by atoms with E-state index in [2.05, 4.69) is 66.7 Å². The first-order valence-corrected chi connectivity index (χ1v) is 9.49. The molecule has 0 aliphatic heterocycles. The number of hydrogen-bond donors (Lipinski definition) is 1. The van der Waals surface area contributed by atoms with Gasteiger partial charge in [-0.2, -0.15) is 0 Å². The Labute approximate surface area is 205 Å². The summed E-state index contributed by atoms with van der Waals surface area (Å²) in [5, 5.41) is 13.3. The molecule has 150 valence electrons. The Bertz CT molecular complexity index is 1200. The zero-order chi connectivity index (χ0) is 18.6. The van der Waals surface area contributed by atoms with Crippen LogP contribution < -0.4 is 24.8 Å². The van der Waals surface area contributed by atoms with Gasteiger partial charge in [-0.15, -0.1) is 0 Å². The topological polar surface area (TPSA) is 20.2 Å². The van der Waals surface area contributed by atoms with E-state index in [0.717, 1.165) is 28.3 Å². The molecule has 0 fully saturated rings. The monoisotopic (exact) mass is 468 g/mol. The van der Waals surface area contributed by atoms with E-state index in [1.807, 2.05) is 26.0 Å². The summed E-state index contributed by atoms with van der Waals surface area (Å²) >= 11 is 0. The first-order chi connectivity index (χ1) is 13.0. The summed E-state index contributed by atoms with van der Waals surface area (Å²) in [6.07, 6.45) is 0.944. The van der Waals surface area contributed by atoms with Crippen LogP contribution in [0.25, 0.3) is 33.0 Å². The SMILES string of the molecule is CC(C)(O)c1c(-c2cccc3c2Cc2ccccc2-3)ccc2ccccc12.[Cl-].[Cl-].[Ti+2]. The van der Waals surface area contributed by atoms with E-state index in [1.165, 1.54) is 27.8 Å². The molecular formula is C26H22Cl2OTi. The van der Waals surface area contributed by atoms with Crippen LogP contribution in [0.4, 0.5) is 0 Å². The second-order valence-corrected chi connectivity index (χ2v) is 7.93. The van der Waals surface area contributed by atoms with Crippen LogP contribution in [-0.2, 0) is 33.7 Å². The van der Waals surface area contributed by atoms with Crippen molar-refractivity contribution in [3.8, 4) is 22.3 Å². The average molecular weight is 469 g/mol. The Hall–Kier alpha value is -1.61. The fourth-order valence-corrected chi connectivity index (χ4v) is 4.56. The van der Waals surface area contributed by atoms with Crippen LogP contribution in [0.1, 0.15) is 30.5 Å². The number of hydrogen-bond acceptors (Lipinski definition) is 1. The molecule has 5 rings (SSSR count). The van der Waals surface area contributed by atoms with Gasteiger partial charge in [0.15, 0.2) is 0 Å². The third kappa shape index (κ3) is 3.98. The number of fused-ring (bicyclic) bond motifs is 4. The molecule has 1 aliphatic carbocycles. The molecule has 4 aromatic rings. The van der Waals surface area contributed by atoms with Gasteiger partial charge in [-0.1, -0.05) is 78.9 Å². The summed E-state index contributed by atoms with van der Waals surface area (Å²) in [7, 11) is 0. The molecule has 0 aromatic heterocycles. The second kappa shape index (κ2) is 9.26. The predicted octanol–water partition coefficient (Wildman–Crippen LogP) is 0.311. The summed E-state index contributed by atoms with van der Waals surface area (Å²) in [6.45, 7) is 3.77. The first-order valence-electron chi connectivity index (χ1n) is 9.49. The summed E-state index contributed by atoms with van der Waals surface area (Å²) in [5.74, 6) is 0. The number of aliphatic hydroxyl groups is 1. The third-order valence-electron chi connectivity index (χ3n) is 5.68. The van der Waals surface area contributed by atoms with Gasteiger partial charge in [-0.25, -0.2) is 0 Å². The van der Waals surface area contributed by atoms with E-state index in [-0.39, 0.29) is 46.5 Å². The summed E-state index contributed by atoms with van der Waals surface area (Å²) in [4.78, 5) is 0. The summed E-state index contributed by atoms with van der Waals surface area (Å²) in [6, 6.07) is 27.9. The van der Waals surface area contributed by atoms with Gasteiger partial charge in [0, 0.05) is 0 Å². The Morgan fingerprint density at radius 1 is 0.667 bits per heavy atom. The zero-order valence-electron chi connectivity index (χ0n) is 16.9. The molecule has 0 radical (unpaired) electrons. The van der Waals surface area contributed by atoms with Gasteiger partial charge in [0.25, 0.3) is 0 Å². The largest absolute Gasteiger partial charge is 2.00 e. The van der Waals surface area contributed by atoms with Gasteiger partial charge in [0.1, 0.15) is 0 Å². The predicted molar refractivity (Wildman–Crippen MR) is 113 cm³/mol. The minimum Gasteiger partial charge on any atom is -1.00 e. The molecule has 0 unspecified atom stereocenters. The fraction of sp³-hybridized carbons (Fsp3) is 0.154. The second-order valence-electron chi connectivity index (χ2n) is 7.93. The maximum atomic E-state index is 11.1. The molecule has 0 amide bonds. The van der Waals surface area contributed by atoms with Crippen molar-refractivity contribution < 1.29 is 51.6 Å². The normalized spacial score (nSPS) is 11.6. The molecule has 0 heterocycles. The maximum Gasteiger partial charge on any atom is 2.00 e. The molecule has 4 aromatic carbocycles. The maximum absolute atomic E-state index is 11.1. The van der Waals surface area contributed by atoms with Gasteiger partial charge in [0.05, 0.1) is 5.60 Å². The summed E-state index contributed by atoms with van der Waals surface area (Å²) < 4.78 is 0. The molecule has 1 N–H and O–H groups in total. The van der Waals surface area contributed by atoms with Crippen molar-refractivity contribution in [1.29, 1.82) is 0 Å². The van der Waals surface area contributed by atoms with Crippen molar-refractivity contribution in [3.05, 3.63) is 95.6 Å².